The summed E-state index contributed by atoms with van der Waals surface area (Å²) in [5.41, 5.74) is 5.36. The lowest BCUT2D eigenvalue weighted by molar-refractivity contribution is -0.160. The molecule has 1 aromatic rings. The Hall–Kier alpha value is -2.52. The number of hydrogen-bond donors (Lipinski definition) is 3. The number of aliphatic imine (C=N–C) groups is 1. The van der Waals surface area contributed by atoms with Gasteiger partial charge in [-0.25, -0.2) is 0 Å². The van der Waals surface area contributed by atoms with Gasteiger partial charge in [0.15, 0.2) is 0 Å². The first-order valence-electron chi connectivity index (χ1n) is 14.0. The minimum Gasteiger partial charge on any atom is -0.459 e. The van der Waals surface area contributed by atoms with E-state index in [1.165, 1.54) is 5.56 Å². The number of esters is 1. The van der Waals surface area contributed by atoms with E-state index in [0.29, 0.717) is 6.54 Å². The number of allylic oxidation sites excluding steroid dienone is 2. The lowest BCUT2D eigenvalue weighted by atomic mass is 9.86. The molecule has 0 saturated heterocycles. The quantitative estimate of drug-likeness (QED) is 0.377. The number of ether oxygens (including phenoxy) is 2. The first-order chi connectivity index (χ1) is 18.3. The van der Waals surface area contributed by atoms with Crippen molar-refractivity contribution < 1.29 is 24.5 Å². The van der Waals surface area contributed by atoms with Gasteiger partial charge >= 0.3 is 5.97 Å². The maximum absolute atomic E-state index is 12.7. The van der Waals surface area contributed by atoms with Crippen molar-refractivity contribution in [2.24, 2.45) is 10.9 Å². The standard InChI is InChI=1S/C31H47N3O5/c1-19-15-25(18-34(7)29(19)36)28-24(11-9-20(2)38-8)14-13-23-12-10-22(16-26(23)33-28)17-32-27(21(3)35)30(37)39-31(4,5)6/h10,12,15-16,18,20-21,24,27,29,32,35-36H,9,11,13-14,17H2,1-8H3/t20?,21-,24?,27+,29?/m1/s1. The fraction of sp³-hybridized carbons (Fsp3) is 0.613. The molecule has 8 heteroatoms. The lowest BCUT2D eigenvalue weighted by Gasteiger charge is -2.30. The number of carbonyl (C=O) groups is 1. The smallest absolute Gasteiger partial charge is 0.326 e. The highest BCUT2D eigenvalue weighted by Gasteiger charge is 2.29. The van der Waals surface area contributed by atoms with Gasteiger partial charge in [-0.15, -0.1) is 0 Å². The number of aliphatic hydroxyl groups excluding tert-OH is 2. The molecule has 2 aliphatic rings. The van der Waals surface area contributed by atoms with Crippen LogP contribution in [-0.4, -0.2) is 71.0 Å². The summed E-state index contributed by atoms with van der Waals surface area (Å²) in [6.45, 7) is 11.4. The molecule has 5 atom stereocenters. The summed E-state index contributed by atoms with van der Waals surface area (Å²) < 4.78 is 11.0. The number of nitrogens with zero attached hydrogens (tertiary/aromatic N) is 2. The van der Waals surface area contributed by atoms with Crippen LogP contribution in [0.4, 0.5) is 5.69 Å². The Morgan fingerprint density at radius 3 is 2.62 bits per heavy atom. The van der Waals surface area contributed by atoms with E-state index in [4.69, 9.17) is 14.5 Å². The molecule has 0 spiro atoms. The highest BCUT2D eigenvalue weighted by molar-refractivity contribution is 6.06. The summed E-state index contributed by atoms with van der Waals surface area (Å²) >= 11 is 0. The largest absolute Gasteiger partial charge is 0.459 e. The molecule has 0 amide bonds. The van der Waals surface area contributed by atoms with Gasteiger partial charge in [-0.1, -0.05) is 12.1 Å². The van der Waals surface area contributed by atoms with Crippen LogP contribution in [0, 0.1) is 5.92 Å². The van der Waals surface area contributed by atoms with Crippen molar-refractivity contribution in [2.75, 3.05) is 14.2 Å². The number of hydrogen-bond acceptors (Lipinski definition) is 8. The Kier molecular flexibility index (Phi) is 10.5. The van der Waals surface area contributed by atoms with Crippen LogP contribution in [0.2, 0.25) is 0 Å². The molecule has 39 heavy (non-hydrogen) atoms. The maximum atomic E-state index is 12.7. The molecule has 3 N–H and O–H groups in total. The van der Waals surface area contributed by atoms with Crippen molar-refractivity contribution in [1.82, 2.24) is 10.2 Å². The van der Waals surface area contributed by atoms with Gasteiger partial charge in [-0.3, -0.25) is 15.1 Å². The van der Waals surface area contributed by atoms with Gasteiger partial charge in [-0.2, -0.15) is 0 Å². The Labute approximate surface area is 233 Å². The monoisotopic (exact) mass is 541 g/mol. The van der Waals surface area contributed by atoms with E-state index in [-0.39, 0.29) is 12.0 Å². The van der Waals surface area contributed by atoms with E-state index in [0.717, 1.165) is 53.8 Å². The predicted molar refractivity (Wildman–Crippen MR) is 155 cm³/mol. The molecule has 8 nitrogen and oxygen atoms in total. The number of benzene rings is 1. The third kappa shape index (κ3) is 8.48. The minimum atomic E-state index is -0.902. The molecule has 0 fully saturated rings. The van der Waals surface area contributed by atoms with Crippen molar-refractivity contribution in [1.29, 1.82) is 0 Å². The molecule has 0 aromatic heterocycles. The van der Waals surface area contributed by atoms with Crippen LogP contribution in [0.5, 0.6) is 0 Å². The zero-order chi connectivity index (χ0) is 28.9. The minimum absolute atomic E-state index is 0.170. The van der Waals surface area contributed by atoms with Gasteiger partial charge in [0, 0.05) is 38.4 Å². The lowest BCUT2D eigenvalue weighted by Crippen LogP contribution is -2.47. The number of methoxy groups -OCH3 is 1. The zero-order valence-electron chi connectivity index (χ0n) is 24.8. The van der Waals surface area contributed by atoms with Gasteiger partial charge in [0.05, 0.1) is 23.6 Å². The third-order valence-electron chi connectivity index (χ3n) is 7.35. The van der Waals surface area contributed by atoms with Crippen LogP contribution in [0.15, 0.2) is 46.6 Å². The summed E-state index contributed by atoms with van der Waals surface area (Å²) in [4.78, 5) is 19.7. The summed E-state index contributed by atoms with van der Waals surface area (Å²) in [6, 6.07) is 5.40. The van der Waals surface area contributed by atoms with Gasteiger partial charge < -0.3 is 24.6 Å². The van der Waals surface area contributed by atoms with Gasteiger partial charge in [0.2, 0.25) is 0 Å². The third-order valence-corrected chi connectivity index (χ3v) is 7.35. The number of aryl methyl sites for hydroxylation is 1. The molecule has 0 aliphatic carbocycles. The molecule has 2 aliphatic heterocycles. The molecular formula is C31H47N3O5. The van der Waals surface area contributed by atoms with Crippen LogP contribution < -0.4 is 5.32 Å². The number of rotatable bonds is 10. The zero-order valence-corrected chi connectivity index (χ0v) is 24.8. The first-order valence-corrected chi connectivity index (χ1v) is 14.0. The van der Waals surface area contributed by atoms with E-state index < -0.39 is 29.9 Å². The van der Waals surface area contributed by atoms with Crippen molar-refractivity contribution in [3.05, 3.63) is 52.7 Å². The SMILES string of the molecule is COC(C)CCC1CCc2ccc(CN[C@H](C(=O)OC(C)(C)C)[C@@H](C)O)cc2N=C1C1=CN(C)C(O)C(C)=C1. The highest BCUT2D eigenvalue weighted by atomic mass is 16.6. The summed E-state index contributed by atoms with van der Waals surface area (Å²) in [7, 11) is 3.62. The Morgan fingerprint density at radius 2 is 2.00 bits per heavy atom. The number of aliphatic hydroxyl groups is 2. The highest BCUT2D eigenvalue weighted by Crippen LogP contribution is 2.34. The van der Waals surface area contributed by atoms with E-state index >= 15 is 0 Å². The molecule has 0 bridgehead atoms. The van der Waals surface area contributed by atoms with E-state index in [2.05, 4.69) is 30.4 Å². The van der Waals surface area contributed by atoms with Crippen molar-refractivity contribution in [3.8, 4) is 0 Å². The van der Waals surface area contributed by atoms with Crippen molar-refractivity contribution in [3.63, 3.8) is 0 Å². The average molecular weight is 542 g/mol. The Balaban J connectivity index is 1.90. The van der Waals surface area contributed by atoms with Gasteiger partial charge in [0.25, 0.3) is 0 Å². The topological polar surface area (TPSA) is 104 Å². The molecule has 0 saturated carbocycles. The Morgan fingerprint density at radius 1 is 1.28 bits per heavy atom. The molecule has 0 radical (unpaired) electrons. The van der Waals surface area contributed by atoms with Crippen molar-refractivity contribution in [2.45, 2.75) is 104 Å². The maximum Gasteiger partial charge on any atom is 0.326 e. The molecule has 216 valence electrons. The second kappa shape index (κ2) is 13.2. The summed E-state index contributed by atoms with van der Waals surface area (Å²) in [6.07, 6.45) is 6.43. The molecule has 1 aromatic carbocycles. The number of likely N-dealkylation sites (N-methyl/N-ethyl adjacent to an activating group) is 1. The van der Waals surface area contributed by atoms with E-state index in [9.17, 15) is 15.0 Å². The first kappa shape index (κ1) is 31.0. The van der Waals surface area contributed by atoms with Crippen LogP contribution in [0.1, 0.15) is 71.9 Å². The molecular weight excluding hydrogens is 494 g/mol. The second-order valence-corrected chi connectivity index (χ2v) is 12.0. The van der Waals surface area contributed by atoms with Gasteiger partial charge in [0.1, 0.15) is 17.9 Å². The summed E-state index contributed by atoms with van der Waals surface area (Å²) in [5, 5.41) is 23.8. The van der Waals surface area contributed by atoms with E-state index in [1.54, 1.807) is 14.0 Å². The predicted octanol–water partition coefficient (Wildman–Crippen LogP) is 4.41. The number of fused-ring (bicyclic) bond motifs is 1. The normalized spacial score (nSPS) is 22.1. The van der Waals surface area contributed by atoms with Crippen LogP contribution in [0.25, 0.3) is 0 Å². The van der Waals surface area contributed by atoms with Gasteiger partial charge in [-0.05, 0) is 96.1 Å². The number of carbonyl (C=O) groups excluding carboxylic acids is 1. The second-order valence-electron chi connectivity index (χ2n) is 12.0. The summed E-state index contributed by atoms with van der Waals surface area (Å²) in [5.74, 6) is -0.222. The van der Waals surface area contributed by atoms with Crippen LogP contribution in [-0.2, 0) is 27.2 Å². The average Bonchev–Trinajstić information content (AvgIpc) is 3.03. The van der Waals surface area contributed by atoms with Crippen molar-refractivity contribution >= 4 is 17.4 Å². The number of nitrogens with one attached hydrogen (secondary N) is 1. The molecule has 3 unspecified atom stereocenters. The van der Waals surface area contributed by atoms with Crippen LogP contribution >= 0.6 is 0 Å². The van der Waals surface area contributed by atoms with E-state index in [1.807, 2.05) is 51.9 Å². The molecule has 3 rings (SSSR count). The molecule has 2 heterocycles. The van der Waals surface area contributed by atoms with Crippen LogP contribution in [0.3, 0.4) is 0 Å². The Bertz CT molecular complexity index is 1100. The fourth-order valence-electron chi connectivity index (χ4n) is 5.01. The fourth-order valence-corrected chi connectivity index (χ4v) is 5.01.